The second kappa shape index (κ2) is 3.46. The van der Waals surface area contributed by atoms with E-state index >= 15 is 0 Å². The van der Waals surface area contributed by atoms with Gasteiger partial charge in [-0.05, 0) is 50.5 Å². The fourth-order valence-corrected chi connectivity index (χ4v) is 3.45. The quantitative estimate of drug-likeness (QED) is 0.745. The van der Waals surface area contributed by atoms with Gasteiger partial charge in [-0.1, -0.05) is 6.92 Å². The lowest BCUT2D eigenvalue weighted by molar-refractivity contribution is 0.177. The van der Waals surface area contributed by atoms with Crippen LogP contribution in [0.25, 0.3) is 0 Å². The van der Waals surface area contributed by atoms with Crippen LogP contribution in [0.1, 0.15) is 39.5 Å². The van der Waals surface area contributed by atoms with Gasteiger partial charge in [0.05, 0.1) is 0 Å². The second-order valence-corrected chi connectivity index (χ2v) is 6.25. The van der Waals surface area contributed by atoms with Crippen LogP contribution in [0.3, 0.4) is 0 Å². The third kappa shape index (κ3) is 1.72. The van der Waals surface area contributed by atoms with Crippen molar-refractivity contribution >= 4 is 0 Å². The zero-order valence-corrected chi connectivity index (χ0v) is 10.1. The lowest BCUT2D eigenvalue weighted by atomic mass is 9.94. The SMILES string of the molecule is CC(N1CC2CCCNC2C1)C1(C)CC1. The predicted molar refractivity (Wildman–Crippen MR) is 62.9 cm³/mol. The summed E-state index contributed by atoms with van der Waals surface area (Å²) in [7, 11) is 0. The zero-order valence-electron chi connectivity index (χ0n) is 10.1. The Kier molecular flexibility index (Phi) is 2.33. The minimum atomic E-state index is 0.660. The van der Waals surface area contributed by atoms with E-state index in [0.29, 0.717) is 5.41 Å². The monoisotopic (exact) mass is 208 g/mol. The molecule has 3 aliphatic rings. The summed E-state index contributed by atoms with van der Waals surface area (Å²) in [6.07, 6.45) is 5.75. The number of piperidine rings is 1. The highest BCUT2D eigenvalue weighted by molar-refractivity contribution is 5.02. The summed E-state index contributed by atoms with van der Waals surface area (Å²) >= 11 is 0. The first-order valence-electron chi connectivity index (χ1n) is 6.66. The highest BCUT2D eigenvalue weighted by Gasteiger charge is 2.47. The average molecular weight is 208 g/mol. The molecule has 2 heterocycles. The van der Waals surface area contributed by atoms with E-state index < -0.39 is 0 Å². The highest BCUT2D eigenvalue weighted by atomic mass is 15.2. The van der Waals surface area contributed by atoms with Crippen LogP contribution in [0.5, 0.6) is 0 Å². The van der Waals surface area contributed by atoms with Crippen molar-refractivity contribution < 1.29 is 0 Å². The molecule has 0 aromatic carbocycles. The summed E-state index contributed by atoms with van der Waals surface area (Å²) in [4.78, 5) is 2.75. The van der Waals surface area contributed by atoms with E-state index in [0.717, 1.165) is 18.0 Å². The van der Waals surface area contributed by atoms with Crippen LogP contribution in [0, 0.1) is 11.3 Å². The van der Waals surface area contributed by atoms with E-state index in [9.17, 15) is 0 Å². The first-order chi connectivity index (χ1) is 7.19. The normalized spacial score (nSPS) is 41.2. The van der Waals surface area contributed by atoms with Crippen molar-refractivity contribution in [2.24, 2.45) is 11.3 Å². The molecule has 0 aromatic heterocycles. The van der Waals surface area contributed by atoms with Crippen LogP contribution >= 0.6 is 0 Å². The summed E-state index contributed by atoms with van der Waals surface area (Å²) in [6.45, 7) is 8.83. The Bertz CT molecular complexity index is 233. The Hall–Kier alpha value is -0.0800. The van der Waals surface area contributed by atoms with E-state index in [1.807, 2.05) is 0 Å². The molecule has 0 amide bonds. The molecule has 3 unspecified atom stereocenters. The lowest BCUT2D eigenvalue weighted by Crippen LogP contribution is -2.42. The summed E-state index contributed by atoms with van der Waals surface area (Å²) in [6, 6.07) is 1.62. The lowest BCUT2D eigenvalue weighted by Gasteiger charge is -2.29. The third-order valence-corrected chi connectivity index (χ3v) is 5.22. The number of fused-ring (bicyclic) bond motifs is 1. The van der Waals surface area contributed by atoms with Crippen LogP contribution in [0.2, 0.25) is 0 Å². The Morgan fingerprint density at radius 2 is 2.13 bits per heavy atom. The molecule has 3 atom stereocenters. The number of nitrogens with one attached hydrogen (secondary N) is 1. The molecule has 1 saturated carbocycles. The first-order valence-corrected chi connectivity index (χ1v) is 6.66. The molecule has 3 fully saturated rings. The molecule has 0 spiro atoms. The maximum atomic E-state index is 3.70. The Balaban J connectivity index is 1.64. The van der Waals surface area contributed by atoms with E-state index in [2.05, 4.69) is 24.1 Å². The van der Waals surface area contributed by atoms with E-state index in [1.54, 1.807) is 0 Å². The van der Waals surface area contributed by atoms with Crippen LogP contribution in [0.4, 0.5) is 0 Å². The van der Waals surface area contributed by atoms with Crippen molar-refractivity contribution in [1.29, 1.82) is 0 Å². The molecular weight excluding hydrogens is 184 g/mol. The molecule has 15 heavy (non-hydrogen) atoms. The smallest absolute Gasteiger partial charge is 0.0235 e. The van der Waals surface area contributed by atoms with Gasteiger partial charge in [0.25, 0.3) is 0 Å². The van der Waals surface area contributed by atoms with E-state index in [-0.39, 0.29) is 0 Å². The molecule has 2 nitrogen and oxygen atoms in total. The van der Waals surface area contributed by atoms with Gasteiger partial charge in [0, 0.05) is 25.2 Å². The average Bonchev–Trinajstić information content (AvgIpc) is 2.85. The largest absolute Gasteiger partial charge is 0.312 e. The van der Waals surface area contributed by atoms with Crippen molar-refractivity contribution in [1.82, 2.24) is 10.2 Å². The fourth-order valence-electron chi connectivity index (χ4n) is 3.45. The van der Waals surface area contributed by atoms with Gasteiger partial charge in [0.1, 0.15) is 0 Å². The van der Waals surface area contributed by atoms with Crippen molar-refractivity contribution in [2.45, 2.75) is 51.6 Å². The molecule has 3 rings (SSSR count). The number of nitrogens with zero attached hydrogens (tertiary/aromatic N) is 1. The molecule has 0 aromatic rings. The topological polar surface area (TPSA) is 15.3 Å². The van der Waals surface area contributed by atoms with Gasteiger partial charge in [0.2, 0.25) is 0 Å². The highest BCUT2D eigenvalue weighted by Crippen LogP contribution is 2.50. The van der Waals surface area contributed by atoms with Crippen molar-refractivity contribution in [3.63, 3.8) is 0 Å². The minimum absolute atomic E-state index is 0.660. The van der Waals surface area contributed by atoms with E-state index in [4.69, 9.17) is 0 Å². The molecule has 2 heteroatoms. The molecule has 1 aliphatic carbocycles. The van der Waals surface area contributed by atoms with Gasteiger partial charge >= 0.3 is 0 Å². The molecule has 1 N–H and O–H groups in total. The molecule has 0 bridgehead atoms. The van der Waals surface area contributed by atoms with Gasteiger partial charge in [-0.3, -0.25) is 4.90 Å². The van der Waals surface area contributed by atoms with Gasteiger partial charge < -0.3 is 5.32 Å². The number of rotatable bonds is 2. The summed E-state index contributed by atoms with van der Waals surface area (Å²) in [5.74, 6) is 0.948. The van der Waals surface area contributed by atoms with Crippen molar-refractivity contribution in [3.8, 4) is 0 Å². The Morgan fingerprint density at radius 3 is 2.80 bits per heavy atom. The first kappa shape index (κ1) is 10.1. The molecule has 2 aliphatic heterocycles. The van der Waals surface area contributed by atoms with Crippen LogP contribution in [-0.4, -0.2) is 36.6 Å². The standard InChI is InChI=1S/C13H24N2/c1-10(13(2)5-6-13)15-8-11-4-3-7-14-12(11)9-15/h10-12,14H,3-9H2,1-2H3. The fraction of sp³-hybridized carbons (Fsp3) is 1.00. The molecule has 0 radical (unpaired) electrons. The van der Waals surface area contributed by atoms with Crippen LogP contribution < -0.4 is 5.32 Å². The molecular formula is C13H24N2. The Morgan fingerprint density at radius 1 is 1.33 bits per heavy atom. The zero-order chi connectivity index (χ0) is 10.5. The molecule has 86 valence electrons. The Labute approximate surface area is 93.4 Å². The minimum Gasteiger partial charge on any atom is -0.312 e. The number of hydrogen-bond acceptors (Lipinski definition) is 2. The second-order valence-electron chi connectivity index (χ2n) is 6.25. The predicted octanol–water partition coefficient (Wildman–Crippen LogP) is 1.86. The van der Waals surface area contributed by atoms with Gasteiger partial charge in [-0.25, -0.2) is 0 Å². The number of likely N-dealkylation sites (tertiary alicyclic amines) is 1. The number of hydrogen-bond donors (Lipinski definition) is 1. The van der Waals surface area contributed by atoms with Gasteiger partial charge in [0.15, 0.2) is 0 Å². The van der Waals surface area contributed by atoms with Crippen LogP contribution in [-0.2, 0) is 0 Å². The third-order valence-electron chi connectivity index (χ3n) is 5.22. The van der Waals surface area contributed by atoms with E-state index in [1.165, 1.54) is 45.3 Å². The maximum Gasteiger partial charge on any atom is 0.0235 e. The van der Waals surface area contributed by atoms with Crippen LogP contribution in [0.15, 0.2) is 0 Å². The summed E-state index contributed by atoms with van der Waals surface area (Å²) in [5, 5.41) is 3.70. The maximum absolute atomic E-state index is 3.70. The van der Waals surface area contributed by atoms with Crippen molar-refractivity contribution in [2.75, 3.05) is 19.6 Å². The molecule has 2 saturated heterocycles. The van der Waals surface area contributed by atoms with Gasteiger partial charge in [-0.15, -0.1) is 0 Å². The summed E-state index contributed by atoms with van der Waals surface area (Å²) < 4.78 is 0. The summed E-state index contributed by atoms with van der Waals surface area (Å²) in [5.41, 5.74) is 0.660. The van der Waals surface area contributed by atoms with Crippen molar-refractivity contribution in [3.05, 3.63) is 0 Å². The van der Waals surface area contributed by atoms with Gasteiger partial charge in [-0.2, -0.15) is 0 Å².